The Bertz CT molecular complexity index is 524. The van der Waals surface area contributed by atoms with E-state index in [1.54, 1.807) is 24.3 Å². The first-order chi connectivity index (χ1) is 10.1. The molecule has 1 fully saturated rings. The minimum Gasteiger partial charge on any atom is -0.480 e. The van der Waals surface area contributed by atoms with Crippen molar-refractivity contribution in [1.29, 1.82) is 0 Å². The molecule has 1 atom stereocenters. The fourth-order valence-corrected chi connectivity index (χ4v) is 2.49. The van der Waals surface area contributed by atoms with Crippen molar-refractivity contribution < 1.29 is 19.4 Å². The highest BCUT2D eigenvalue weighted by molar-refractivity contribution is 5.97. The molecule has 3 N–H and O–H groups in total. The number of rotatable bonds is 6. The van der Waals surface area contributed by atoms with Crippen LogP contribution in [0, 0.1) is 5.41 Å². The van der Waals surface area contributed by atoms with E-state index in [0.29, 0.717) is 18.0 Å². The summed E-state index contributed by atoms with van der Waals surface area (Å²) in [5.74, 6) is -0.743. The van der Waals surface area contributed by atoms with Crippen LogP contribution in [0.2, 0.25) is 0 Å². The molecule has 0 bridgehead atoms. The monoisotopic (exact) mass is 292 g/mol. The molecule has 21 heavy (non-hydrogen) atoms. The van der Waals surface area contributed by atoms with E-state index in [1.807, 2.05) is 6.92 Å². The van der Waals surface area contributed by atoms with E-state index in [0.717, 1.165) is 19.4 Å². The van der Waals surface area contributed by atoms with Gasteiger partial charge in [0.25, 0.3) is 0 Å². The highest BCUT2D eigenvalue weighted by Gasteiger charge is 2.39. The summed E-state index contributed by atoms with van der Waals surface area (Å²) in [6, 6.07) is 6.86. The zero-order valence-corrected chi connectivity index (χ0v) is 12.0. The van der Waals surface area contributed by atoms with Crippen LogP contribution < -0.4 is 15.4 Å². The van der Waals surface area contributed by atoms with E-state index >= 15 is 0 Å². The van der Waals surface area contributed by atoms with Crippen LogP contribution in [0.3, 0.4) is 0 Å². The number of carboxylic acid groups (broad SMARTS) is 1. The van der Waals surface area contributed by atoms with E-state index in [1.165, 1.54) is 0 Å². The maximum absolute atomic E-state index is 12.5. The number of carbonyl (C=O) groups excluding carboxylic acids is 1. The van der Waals surface area contributed by atoms with Crippen LogP contribution in [0.4, 0.5) is 5.69 Å². The molecule has 1 aliphatic rings. The molecule has 2 rings (SSSR count). The topological polar surface area (TPSA) is 87.7 Å². The second kappa shape index (κ2) is 6.58. The van der Waals surface area contributed by atoms with Gasteiger partial charge in [0.2, 0.25) is 5.91 Å². The van der Waals surface area contributed by atoms with Crippen molar-refractivity contribution in [2.24, 2.45) is 5.41 Å². The highest BCUT2D eigenvalue weighted by Crippen LogP contribution is 2.32. The Morgan fingerprint density at radius 3 is 2.81 bits per heavy atom. The number of carbonyl (C=O) groups is 2. The predicted octanol–water partition coefficient (Wildman–Crippen LogP) is 1.48. The van der Waals surface area contributed by atoms with Gasteiger partial charge >= 0.3 is 5.97 Å². The SMILES string of the molecule is CCC1(C(=O)Nc2ccccc2OCC(=O)O)CCNC1. The Morgan fingerprint density at radius 1 is 1.43 bits per heavy atom. The van der Waals surface area contributed by atoms with Gasteiger partial charge in [-0.2, -0.15) is 0 Å². The van der Waals surface area contributed by atoms with Gasteiger partial charge in [-0.1, -0.05) is 19.1 Å². The molecule has 0 aliphatic carbocycles. The summed E-state index contributed by atoms with van der Waals surface area (Å²) in [5.41, 5.74) is 0.100. The van der Waals surface area contributed by atoms with Crippen LogP contribution in [0.1, 0.15) is 19.8 Å². The largest absolute Gasteiger partial charge is 0.480 e. The summed E-state index contributed by atoms with van der Waals surface area (Å²) in [4.78, 5) is 23.1. The zero-order valence-electron chi connectivity index (χ0n) is 12.0. The maximum Gasteiger partial charge on any atom is 0.341 e. The normalized spacial score (nSPS) is 21.0. The number of carboxylic acids is 1. The molecule has 1 saturated heterocycles. The van der Waals surface area contributed by atoms with Crippen molar-refractivity contribution in [3.8, 4) is 5.75 Å². The summed E-state index contributed by atoms with van der Waals surface area (Å²) in [6.07, 6.45) is 1.55. The van der Waals surface area contributed by atoms with Gasteiger partial charge in [-0.15, -0.1) is 0 Å². The minimum absolute atomic E-state index is 0.0543. The summed E-state index contributed by atoms with van der Waals surface area (Å²) in [6.45, 7) is 3.05. The third-order valence-corrected chi connectivity index (χ3v) is 3.89. The summed E-state index contributed by atoms with van der Waals surface area (Å²) in [5, 5.41) is 14.8. The van der Waals surface area contributed by atoms with Gasteiger partial charge in [-0.25, -0.2) is 4.79 Å². The fraction of sp³-hybridized carbons (Fsp3) is 0.467. The number of amides is 1. The van der Waals surface area contributed by atoms with Crippen molar-refractivity contribution in [3.63, 3.8) is 0 Å². The molecule has 0 spiro atoms. The quantitative estimate of drug-likeness (QED) is 0.739. The number of hydrogen-bond donors (Lipinski definition) is 3. The molecular formula is C15H20N2O4. The number of nitrogens with one attached hydrogen (secondary N) is 2. The number of anilines is 1. The molecule has 114 valence electrons. The standard InChI is InChI=1S/C15H20N2O4/c1-2-15(7-8-16-10-15)14(20)17-11-5-3-4-6-12(11)21-9-13(18)19/h3-6,16H,2,7-10H2,1H3,(H,17,20)(H,18,19). The first kappa shape index (κ1) is 15.3. The van der Waals surface area contributed by atoms with E-state index in [9.17, 15) is 9.59 Å². The van der Waals surface area contributed by atoms with Gasteiger partial charge in [-0.05, 0) is 31.5 Å². The van der Waals surface area contributed by atoms with Gasteiger partial charge < -0.3 is 20.5 Å². The summed E-state index contributed by atoms with van der Waals surface area (Å²) in [7, 11) is 0. The van der Waals surface area contributed by atoms with Crippen molar-refractivity contribution >= 4 is 17.6 Å². The number of benzene rings is 1. The predicted molar refractivity (Wildman–Crippen MR) is 78.4 cm³/mol. The first-order valence-electron chi connectivity index (χ1n) is 7.03. The molecule has 1 heterocycles. The van der Waals surface area contributed by atoms with Gasteiger partial charge in [0.05, 0.1) is 11.1 Å². The van der Waals surface area contributed by atoms with Crippen molar-refractivity contribution in [2.45, 2.75) is 19.8 Å². The average molecular weight is 292 g/mol. The molecule has 1 aliphatic heterocycles. The van der Waals surface area contributed by atoms with Crippen molar-refractivity contribution in [2.75, 3.05) is 25.0 Å². The van der Waals surface area contributed by atoms with Gasteiger partial charge in [-0.3, -0.25) is 4.79 Å². The van der Waals surface area contributed by atoms with Gasteiger partial charge in [0, 0.05) is 6.54 Å². The molecule has 6 nitrogen and oxygen atoms in total. The summed E-state index contributed by atoms with van der Waals surface area (Å²) < 4.78 is 5.20. The van der Waals surface area contributed by atoms with Crippen LogP contribution in [0.15, 0.2) is 24.3 Å². The molecule has 6 heteroatoms. The van der Waals surface area contributed by atoms with Gasteiger partial charge in [0.15, 0.2) is 6.61 Å². The van der Waals surface area contributed by atoms with Gasteiger partial charge in [0.1, 0.15) is 5.75 Å². The second-order valence-electron chi connectivity index (χ2n) is 5.19. The third kappa shape index (κ3) is 3.52. The minimum atomic E-state index is -1.05. The average Bonchev–Trinajstić information content (AvgIpc) is 2.96. The number of hydrogen-bond acceptors (Lipinski definition) is 4. The van der Waals surface area contributed by atoms with Crippen LogP contribution in [0.5, 0.6) is 5.75 Å². The van der Waals surface area contributed by atoms with Crippen molar-refractivity contribution in [3.05, 3.63) is 24.3 Å². The Balaban J connectivity index is 2.11. The second-order valence-corrected chi connectivity index (χ2v) is 5.19. The van der Waals surface area contributed by atoms with E-state index in [-0.39, 0.29) is 5.91 Å². The van der Waals surface area contributed by atoms with E-state index in [2.05, 4.69) is 10.6 Å². The lowest BCUT2D eigenvalue weighted by Crippen LogP contribution is -2.37. The Kier molecular flexibility index (Phi) is 4.80. The number of ether oxygens (including phenoxy) is 1. The maximum atomic E-state index is 12.5. The molecule has 1 aromatic rings. The van der Waals surface area contributed by atoms with Crippen LogP contribution in [-0.4, -0.2) is 36.7 Å². The third-order valence-electron chi connectivity index (χ3n) is 3.89. The highest BCUT2D eigenvalue weighted by atomic mass is 16.5. The van der Waals surface area contributed by atoms with E-state index < -0.39 is 18.0 Å². The molecule has 1 aromatic carbocycles. The van der Waals surface area contributed by atoms with Crippen LogP contribution >= 0.6 is 0 Å². The number of para-hydroxylation sites is 2. The zero-order chi connectivity index (χ0) is 15.3. The Labute approximate surface area is 123 Å². The fourth-order valence-electron chi connectivity index (χ4n) is 2.49. The molecule has 0 aromatic heterocycles. The number of aliphatic carboxylic acids is 1. The lowest BCUT2D eigenvalue weighted by atomic mass is 9.83. The molecule has 1 amide bonds. The Morgan fingerprint density at radius 2 is 2.19 bits per heavy atom. The molecular weight excluding hydrogens is 272 g/mol. The molecule has 0 radical (unpaired) electrons. The summed E-state index contributed by atoms with van der Waals surface area (Å²) >= 11 is 0. The van der Waals surface area contributed by atoms with Crippen LogP contribution in [-0.2, 0) is 9.59 Å². The lowest BCUT2D eigenvalue weighted by molar-refractivity contribution is -0.139. The van der Waals surface area contributed by atoms with Crippen LogP contribution in [0.25, 0.3) is 0 Å². The van der Waals surface area contributed by atoms with Crippen molar-refractivity contribution in [1.82, 2.24) is 5.32 Å². The Hall–Kier alpha value is -2.08. The first-order valence-corrected chi connectivity index (χ1v) is 7.03. The van der Waals surface area contributed by atoms with E-state index in [4.69, 9.17) is 9.84 Å². The molecule has 0 saturated carbocycles. The molecule has 1 unspecified atom stereocenters. The lowest BCUT2D eigenvalue weighted by Gasteiger charge is -2.25. The smallest absolute Gasteiger partial charge is 0.341 e.